The molecule has 50 heavy (non-hydrogen) atoms. The molecule has 0 fully saturated rings. The van der Waals surface area contributed by atoms with Crippen LogP contribution >= 0.6 is 0 Å². The number of likely N-dealkylation sites (N-methyl/N-ethyl adjacent to an activating group) is 1. The lowest BCUT2D eigenvalue weighted by atomic mass is 10.1. The Balaban J connectivity index is 4.48. The first kappa shape index (κ1) is 47.0. The number of quaternary nitrogens is 1. The maximum Gasteiger partial charge on any atom is 0.362 e. The van der Waals surface area contributed by atoms with Gasteiger partial charge in [0.15, 0.2) is 12.1 Å². The fourth-order valence-electron chi connectivity index (χ4n) is 5.18. The Kier molecular flexibility index (Phi) is 31.2. The van der Waals surface area contributed by atoms with E-state index in [1.165, 1.54) is 32.1 Å². The number of nitrogens with zero attached hydrogens (tertiary/aromatic N) is 1. The van der Waals surface area contributed by atoms with Gasteiger partial charge in [0.05, 0.1) is 34.4 Å². The minimum absolute atomic E-state index is 0.0448. The summed E-state index contributed by atoms with van der Waals surface area (Å²) < 4.78 is 17.2. The second kappa shape index (κ2) is 33.2. The maximum atomic E-state index is 12.7. The van der Waals surface area contributed by atoms with Crippen molar-refractivity contribution >= 4 is 17.9 Å². The highest BCUT2D eigenvalue weighted by molar-refractivity contribution is 5.72. The number of aliphatic carboxylic acids is 1. The van der Waals surface area contributed by atoms with Crippen LogP contribution in [0.15, 0.2) is 60.8 Å². The van der Waals surface area contributed by atoms with Crippen molar-refractivity contribution in [1.82, 2.24) is 0 Å². The molecule has 0 saturated heterocycles. The molecular weight excluding hydrogens is 630 g/mol. The van der Waals surface area contributed by atoms with Gasteiger partial charge in [-0.25, -0.2) is 4.79 Å². The summed E-state index contributed by atoms with van der Waals surface area (Å²) in [7, 11) is 5.50. The van der Waals surface area contributed by atoms with Crippen LogP contribution < -0.4 is 0 Å². The van der Waals surface area contributed by atoms with Crippen LogP contribution in [0.2, 0.25) is 0 Å². The fourth-order valence-corrected chi connectivity index (χ4v) is 5.18. The molecule has 0 radical (unpaired) electrons. The molecule has 0 aliphatic heterocycles. The largest absolute Gasteiger partial charge is 0.477 e. The van der Waals surface area contributed by atoms with Gasteiger partial charge in [-0.1, -0.05) is 126 Å². The molecule has 0 bridgehead atoms. The van der Waals surface area contributed by atoms with Crippen LogP contribution in [0.1, 0.15) is 136 Å². The van der Waals surface area contributed by atoms with Gasteiger partial charge < -0.3 is 23.8 Å². The van der Waals surface area contributed by atoms with Gasteiger partial charge in [0, 0.05) is 19.3 Å². The SMILES string of the molecule is CC/C=C/C=C/C=C/CCCCCCCCCC(=O)OC(COCCC(C(=O)O)[N+](C)(C)C)COC(=O)CCCCC/C=C/C=C/CCCC. The smallest absolute Gasteiger partial charge is 0.362 e. The lowest BCUT2D eigenvalue weighted by Crippen LogP contribution is -2.50. The van der Waals surface area contributed by atoms with Crippen LogP contribution in [-0.2, 0) is 28.6 Å². The van der Waals surface area contributed by atoms with Gasteiger partial charge in [-0.3, -0.25) is 9.59 Å². The number of carboxylic acids is 1. The number of hydrogen-bond acceptors (Lipinski definition) is 6. The second-order valence-electron chi connectivity index (χ2n) is 13.9. The molecule has 0 aliphatic carbocycles. The molecule has 1 N–H and O–H groups in total. The summed E-state index contributed by atoms with van der Waals surface area (Å²) in [6.45, 7) is 4.48. The first-order valence-electron chi connectivity index (χ1n) is 19.4. The van der Waals surface area contributed by atoms with Crippen molar-refractivity contribution in [3.63, 3.8) is 0 Å². The van der Waals surface area contributed by atoms with Gasteiger partial charge in [0.1, 0.15) is 6.61 Å². The van der Waals surface area contributed by atoms with E-state index < -0.39 is 18.1 Å². The van der Waals surface area contributed by atoms with Crippen molar-refractivity contribution in [2.24, 2.45) is 0 Å². The van der Waals surface area contributed by atoms with Gasteiger partial charge in [-0.15, -0.1) is 0 Å². The third-order valence-corrected chi connectivity index (χ3v) is 8.24. The van der Waals surface area contributed by atoms with E-state index in [2.05, 4.69) is 74.6 Å². The van der Waals surface area contributed by atoms with Gasteiger partial charge in [-0.2, -0.15) is 0 Å². The predicted molar refractivity (Wildman–Crippen MR) is 206 cm³/mol. The molecule has 0 heterocycles. The summed E-state index contributed by atoms with van der Waals surface area (Å²) in [5.41, 5.74) is 0. The quantitative estimate of drug-likeness (QED) is 0.0315. The van der Waals surface area contributed by atoms with Crippen molar-refractivity contribution in [2.45, 2.75) is 148 Å². The fraction of sp³-hybridized carbons (Fsp3) is 0.690. The van der Waals surface area contributed by atoms with E-state index in [0.29, 0.717) is 19.3 Å². The molecule has 0 aliphatic rings. The van der Waals surface area contributed by atoms with Crippen LogP contribution in [0.5, 0.6) is 0 Å². The van der Waals surface area contributed by atoms with E-state index >= 15 is 0 Å². The topological polar surface area (TPSA) is 99.1 Å². The zero-order valence-corrected chi connectivity index (χ0v) is 32.3. The molecule has 2 atom stereocenters. The number of carbonyl (C=O) groups excluding carboxylic acids is 2. The summed E-state index contributed by atoms with van der Waals surface area (Å²) >= 11 is 0. The molecule has 8 heteroatoms. The normalized spacial score (nSPS) is 13.7. The molecule has 0 aromatic carbocycles. The molecule has 0 saturated carbocycles. The lowest BCUT2D eigenvalue weighted by molar-refractivity contribution is -0.887. The zero-order valence-electron chi connectivity index (χ0n) is 32.3. The Morgan fingerprint density at radius 1 is 0.620 bits per heavy atom. The van der Waals surface area contributed by atoms with Crippen LogP contribution in [0.3, 0.4) is 0 Å². The Morgan fingerprint density at radius 3 is 1.68 bits per heavy atom. The van der Waals surface area contributed by atoms with Crippen molar-refractivity contribution in [2.75, 3.05) is 41.0 Å². The van der Waals surface area contributed by atoms with Gasteiger partial charge in [0.25, 0.3) is 0 Å². The maximum absolute atomic E-state index is 12.7. The van der Waals surface area contributed by atoms with Crippen molar-refractivity contribution in [3.05, 3.63) is 60.8 Å². The molecule has 8 nitrogen and oxygen atoms in total. The molecule has 286 valence electrons. The highest BCUT2D eigenvalue weighted by Crippen LogP contribution is 2.13. The number of allylic oxidation sites excluding steroid dienone is 10. The van der Waals surface area contributed by atoms with E-state index in [4.69, 9.17) is 14.2 Å². The highest BCUT2D eigenvalue weighted by Gasteiger charge is 2.31. The van der Waals surface area contributed by atoms with Gasteiger partial charge >= 0.3 is 17.9 Å². The first-order valence-corrected chi connectivity index (χ1v) is 19.4. The molecule has 0 spiro atoms. The second-order valence-corrected chi connectivity index (χ2v) is 13.9. The number of carbonyl (C=O) groups is 3. The summed E-state index contributed by atoms with van der Waals surface area (Å²) in [6, 6.07) is -0.621. The average molecular weight is 703 g/mol. The third kappa shape index (κ3) is 31.0. The molecule has 0 aromatic rings. The van der Waals surface area contributed by atoms with Crippen molar-refractivity contribution < 1.29 is 38.2 Å². The minimum Gasteiger partial charge on any atom is -0.477 e. The van der Waals surface area contributed by atoms with E-state index in [1.807, 2.05) is 21.1 Å². The zero-order chi connectivity index (χ0) is 37.1. The molecular formula is C42H72NO7+. The van der Waals surface area contributed by atoms with Crippen LogP contribution in [0.4, 0.5) is 0 Å². The third-order valence-electron chi connectivity index (χ3n) is 8.24. The van der Waals surface area contributed by atoms with Crippen LogP contribution in [-0.4, -0.2) is 80.6 Å². The Labute approximate surface area is 305 Å². The predicted octanol–water partition coefficient (Wildman–Crippen LogP) is 9.85. The number of carboxylic acid groups (broad SMARTS) is 1. The summed E-state index contributed by atoms with van der Waals surface area (Å²) in [5, 5.41) is 9.58. The molecule has 0 amide bonds. The monoisotopic (exact) mass is 703 g/mol. The molecule has 0 aromatic heterocycles. The van der Waals surface area contributed by atoms with Crippen molar-refractivity contribution in [3.8, 4) is 0 Å². The molecule has 2 unspecified atom stereocenters. The number of rotatable bonds is 33. The van der Waals surface area contributed by atoms with E-state index in [0.717, 1.165) is 70.6 Å². The highest BCUT2D eigenvalue weighted by atomic mass is 16.6. The van der Waals surface area contributed by atoms with Crippen molar-refractivity contribution in [1.29, 1.82) is 0 Å². The Hall–Kier alpha value is -2.97. The number of ether oxygens (including phenoxy) is 3. The Bertz CT molecular complexity index is 1010. The summed E-state index contributed by atoms with van der Waals surface area (Å²) in [5.74, 6) is -1.53. The van der Waals surface area contributed by atoms with Crippen LogP contribution in [0, 0.1) is 0 Å². The first-order chi connectivity index (χ1) is 24.1. The standard InChI is InChI=1S/C42H71NO7/c1-6-8-10-12-14-16-18-19-20-21-23-25-27-29-31-33-41(45)50-38(36-48-35-34-39(42(46)47)43(3,4)5)37-49-40(44)32-30-28-26-24-22-17-15-13-11-9-7-2/h8,10,12-18,22,38-39H,6-7,9,11,19-21,23-37H2,1-5H3/p+1/b10-8+,14-12+,15-13+,18-16+,22-17+. The molecule has 0 rings (SSSR count). The average Bonchev–Trinajstić information content (AvgIpc) is 3.06. The van der Waals surface area contributed by atoms with Gasteiger partial charge in [0.2, 0.25) is 0 Å². The van der Waals surface area contributed by atoms with Crippen LogP contribution in [0.25, 0.3) is 0 Å². The number of esters is 2. The van der Waals surface area contributed by atoms with E-state index in [1.54, 1.807) is 0 Å². The van der Waals surface area contributed by atoms with E-state index in [9.17, 15) is 19.5 Å². The lowest BCUT2D eigenvalue weighted by Gasteiger charge is -2.31. The minimum atomic E-state index is -0.885. The Morgan fingerprint density at radius 2 is 1.12 bits per heavy atom. The number of hydrogen-bond donors (Lipinski definition) is 1. The summed E-state index contributed by atoms with van der Waals surface area (Å²) in [4.78, 5) is 36.8. The number of unbranched alkanes of at least 4 members (excludes halogenated alkanes) is 12. The van der Waals surface area contributed by atoms with E-state index in [-0.39, 0.29) is 36.2 Å². The van der Waals surface area contributed by atoms with Gasteiger partial charge in [-0.05, 0) is 51.4 Å². The summed E-state index contributed by atoms with van der Waals surface area (Å²) in [6.07, 6.45) is 38.3.